The van der Waals surface area contributed by atoms with Crippen LogP contribution in [0.1, 0.15) is 84.4 Å². The van der Waals surface area contributed by atoms with Crippen molar-refractivity contribution in [1.29, 1.82) is 0 Å². The second-order valence-electron chi connectivity index (χ2n) is 12.4. The Morgan fingerprint density at radius 3 is 2.00 bits per heavy atom. The third kappa shape index (κ3) is 7.52. The maximum Gasteiger partial charge on any atom is 0.435 e. The summed E-state index contributed by atoms with van der Waals surface area (Å²) in [6.45, 7) is 15.5. The second kappa shape index (κ2) is 10.9. The van der Waals surface area contributed by atoms with E-state index in [0.717, 1.165) is 29.8 Å². The summed E-state index contributed by atoms with van der Waals surface area (Å²) in [6.07, 6.45) is 1.15. The van der Waals surface area contributed by atoms with Crippen molar-refractivity contribution < 1.29 is 23.9 Å². The van der Waals surface area contributed by atoms with Crippen molar-refractivity contribution in [2.24, 2.45) is 0 Å². The van der Waals surface area contributed by atoms with Crippen LogP contribution in [0.4, 0.5) is 21.1 Å². The van der Waals surface area contributed by atoms with Crippen LogP contribution in [0.15, 0.2) is 30.3 Å². The number of hydrogen-bond acceptors (Lipinski definition) is 7. The Balaban J connectivity index is 1.35. The highest BCUT2D eigenvalue weighted by Crippen LogP contribution is 2.41. The normalized spacial score (nSPS) is 17.0. The third-order valence-electron chi connectivity index (χ3n) is 6.63. The molecule has 1 aromatic carbocycles. The summed E-state index contributed by atoms with van der Waals surface area (Å²) in [4.78, 5) is 42.0. The molecule has 1 aromatic heterocycles. The van der Waals surface area contributed by atoms with E-state index in [-0.39, 0.29) is 17.9 Å². The first-order chi connectivity index (χ1) is 18.2. The summed E-state index contributed by atoms with van der Waals surface area (Å²) in [5, 5.41) is 7.22. The fourth-order valence-corrected chi connectivity index (χ4v) is 4.41. The lowest BCUT2D eigenvalue weighted by atomic mass is 10.00. The summed E-state index contributed by atoms with van der Waals surface area (Å²) in [7, 11) is 0. The summed E-state index contributed by atoms with van der Waals surface area (Å²) in [6, 6.07) is 9.69. The van der Waals surface area contributed by atoms with Gasteiger partial charge < -0.3 is 24.6 Å². The van der Waals surface area contributed by atoms with Crippen LogP contribution < -0.4 is 10.2 Å². The van der Waals surface area contributed by atoms with Crippen LogP contribution in [-0.4, -0.2) is 70.2 Å². The molecule has 1 aliphatic carbocycles. The number of hydrogen-bond donors (Lipinski definition) is 1. The largest absolute Gasteiger partial charge is 0.444 e. The van der Waals surface area contributed by atoms with Gasteiger partial charge in [-0.05, 0) is 79.0 Å². The van der Waals surface area contributed by atoms with Crippen molar-refractivity contribution in [3.8, 4) is 0 Å². The van der Waals surface area contributed by atoms with Crippen molar-refractivity contribution in [1.82, 2.24) is 14.7 Å². The number of piperazine rings is 1. The van der Waals surface area contributed by atoms with E-state index in [1.165, 1.54) is 4.68 Å². The quantitative estimate of drug-likeness (QED) is 0.546. The van der Waals surface area contributed by atoms with Gasteiger partial charge >= 0.3 is 12.2 Å². The van der Waals surface area contributed by atoms with Crippen LogP contribution in [0.3, 0.4) is 0 Å². The molecule has 1 N–H and O–H groups in total. The zero-order valence-electron chi connectivity index (χ0n) is 24.1. The molecular weight excluding hydrogens is 498 g/mol. The molecule has 1 atom stereocenters. The average Bonchev–Trinajstić information content (AvgIpc) is 3.61. The van der Waals surface area contributed by atoms with Gasteiger partial charge in [0.2, 0.25) is 5.91 Å². The van der Waals surface area contributed by atoms with E-state index in [4.69, 9.17) is 9.47 Å². The summed E-state index contributed by atoms with van der Waals surface area (Å²) >= 11 is 0. The van der Waals surface area contributed by atoms with Gasteiger partial charge in [0.15, 0.2) is 5.82 Å². The van der Waals surface area contributed by atoms with Crippen LogP contribution in [0, 0.1) is 0 Å². The van der Waals surface area contributed by atoms with E-state index >= 15 is 0 Å². The van der Waals surface area contributed by atoms with Gasteiger partial charge in [0.25, 0.3) is 0 Å². The first-order valence-corrected chi connectivity index (χ1v) is 13.7. The van der Waals surface area contributed by atoms with E-state index in [2.05, 4.69) is 15.3 Å². The lowest BCUT2D eigenvalue weighted by molar-refractivity contribution is -0.117. The lowest BCUT2D eigenvalue weighted by Gasteiger charge is -2.36. The molecule has 2 amide bonds. The van der Waals surface area contributed by atoms with Crippen molar-refractivity contribution in [3.05, 3.63) is 41.6 Å². The summed E-state index contributed by atoms with van der Waals surface area (Å²) < 4.78 is 12.3. The molecule has 4 rings (SSSR count). The third-order valence-corrected chi connectivity index (χ3v) is 6.63. The Labute approximate surface area is 230 Å². The standard InChI is InChI=1S/C29H41N5O5/c1-19(25(35)30-24-18-23(21-8-9-21)34(31-24)27(37)39-29(5,6)7)20-10-12-22(13-11-20)32-14-16-33(17-15-32)26(36)38-28(2,3)4/h10-13,18-19,21H,8-9,14-17H2,1-7H3,(H,30,31,35). The highest BCUT2D eigenvalue weighted by Gasteiger charge is 2.32. The zero-order valence-corrected chi connectivity index (χ0v) is 24.1. The van der Waals surface area contributed by atoms with Crippen LogP contribution in [0.25, 0.3) is 0 Å². The number of amides is 2. The Hall–Kier alpha value is -3.56. The summed E-state index contributed by atoms with van der Waals surface area (Å²) in [5.41, 5.74) is 1.53. The second-order valence-corrected chi connectivity index (χ2v) is 12.4. The van der Waals surface area contributed by atoms with Crippen molar-refractivity contribution in [2.75, 3.05) is 36.4 Å². The predicted molar refractivity (Wildman–Crippen MR) is 149 cm³/mol. The lowest BCUT2D eigenvalue weighted by Crippen LogP contribution is -2.50. The molecule has 2 heterocycles. The molecule has 0 bridgehead atoms. The number of rotatable bonds is 5. The summed E-state index contributed by atoms with van der Waals surface area (Å²) in [5.74, 6) is -0.0187. The van der Waals surface area contributed by atoms with Crippen LogP contribution in [-0.2, 0) is 14.3 Å². The number of carbonyl (C=O) groups excluding carboxylic acids is 3. The van der Waals surface area contributed by atoms with Gasteiger partial charge in [-0.15, -0.1) is 5.10 Å². The minimum atomic E-state index is -0.639. The molecule has 39 heavy (non-hydrogen) atoms. The molecule has 10 heteroatoms. The Morgan fingerprint density at radius 1 is 0.897 bits per heavy atom. The van der Waals surface area contributed by atoms with E-state index in [1.54, 1.807) is 11.0 Å². The Kier molecular flexibility index (Phi) is 7.95. The van der Waals surface area contributed by atoms with E-state index < -0.39 is 23.2 Å². The minimum absolute atomic E-state index is 0.204. The van der Waals surface area contributed by atoms with Crippen molar-refractivity contribution in [2.45, 2.75) is 84.3 Å². The molecule has 1 saturated heterocycles. The van der Waals surface area contributed by atoms with Gasteiger partial charge in [0.1, 0.15) is 11.2 Å². The number of ether oxygens (including phenoxy) is 2. The predicted octanol–water partition coefficient (Wildman–Crippen LogP) is 5.34. The van der Waals surface area contributed by atoms with Crippen LogP contribution in [0.5, 0.6) is 0 Å². The van der Waals surface area contributed by atoms with Crippen LogP contribution >= 0.6 is 0 Å². The fraction of sp³-hybridized carbons (Fsp3) is 0.586. The maximum atomic E-state index is 13.1. The number of aromatic nitrogens is 2. The van der Waals surface area contributed by atoms with Gasteiger partial charge in [-0.3, -0.25) is 4.79 Å². The number of carbonyl (C=O) groups is 3. The SMILES string of the molecule is CC(C(=O)Nc1cc(C2CC2)n(C(=O)OC(C)(C)C)n1)c1ccc(N2CCN(C(=O)OC(C)(C)C)CC2)cc1. The molecular formula is C29H41N5O5. The van der Waals surface area contributed by atoms with E-state index in [0.29, 0.717) is 32.0 Å². The maximum absolute atomic E-state index is 13.1. The molecule has 2 aromatic rings. The van der Waals surface area contributed by atoms with Crippen molar-refractivity contribution >= 4 is 29.6 Å². The molecule has 2 aliphatic rings. The smallest absolute Gasteiger partial charge is 0.435 e. The highest BCUT2D eigenvalue weighted by molar-refractivity contribution is 5.95. The number of nitrogens with one attached hydrogen (secondary N) is 1. The van der Waals surface area contributed by atoms with Crippen LogP contribution in [0.2, 0.25) is 0 Å². The number of nitrogens with zero attached hydrogens (tertiary/aromatic N) is 4. The topological polar surface area (TPSA) is 106 Å². The molecule has 0 spiro atoms. The van der Waals surface area contributed by atoms with Gasteiger partial charge in [-0.2, -0.15) is 4.68 Å². The van der Waals surface area contributed by atoms with Gasteiger partial charge in [-0.25, -0.2) is 9.59 Å². The van der Waals surface area contributed by atoms with E-state index in [1.807, 2.05) is 72.7 Å². The number of anilines is 2. The van der Waals surface area contributed by atoms with E-state index in [9.17, 15) is 14.4 Å². The first-order valence-electron chi connectivity index (χ1n) is 13.7. The molecule has 10 nitrogen and oxygen atoms in total. The molecule has 0 radical (unpaired) electrons. The Bertz CT molecular complexity index is 1200. The molecule has 212 valence electrons. The fourth-order valence-electron chi connectivity index (χ4n) is 4.41. The highest BCUT2D eigenvalue weighted by atomic mass is 16.6. The Morgan fingerprint density at radius 2 is 1.46 bits per heavy atom. The van der Waals surface area contributed by atoms with Gasteiger partial charge in [0, 0.05) is 43.9 Å². The van der Waals surface area contributed by atoms with Gasteiger partial charge in [0.05, 0.1) is 11.6 Å². The average molecular weight is 540 g/mol. The molecule has 2 fully saturated rings. The molecule has 1 saturated carbocycles. The van der Waals surface area contributed by atoms with Crippen molar-refractivity contribution in [3.63, 3.8) is 0 Å². The van der Waals surface area contributed by atoms with Gasteiger partial charge in [-0.1, -0.05) is 12.1 Å². The molecule has 1 unspecified atom stereocenters. The zero-order chi connectivity index (χ0) is 28.5. The number of benzene rings is 1. The molecule has 1 aliphatic heterocycles. The monoisotopic (exact) mass is 539 g/mol. The first kappa shape index (κ1) is 28.4. The minimum Gasteiger partial charge on any atom is -0.444 e.